The minimum atomic E-state index is -0.883. The van der Waals surface area contributed by atoms with Crippen molar-refractivity contribution in [3.8, 4) is 5.75 Å². The summed E-state index contributed by atoms with van der Waals surface area (Å²) in [6.45, 7) is 1.94. The lowest BCUT2D eigenvalue weighted by Crippen LogP contribution is -2.41. The van der Waals surface area contributed by atoms with Gasteiger partial charge in [0.1, 0.15) is 10.5 Å². The fourth-order valence-corrected chi connectivity index (χ4v) is 5.02. The highest BCUT2D eigenvalue weighted by Crippen LogP contribution is 2.44. The van der Waals surface area contributed by atoms with Crippen molar-refractivity contribution < 1.29 is 15.0 Å². The number of carbonyl (C=O) groups is 1. The number of nitrogens with one attached hydrogen (secondary N) is 1. The normalized spacial score (nSPS) is 13.5. The van der Waals surface area contributed by atoms with Crippen molar-refractivity contribution in [3.05, 3.63) is 54.1 Å². The number of aromatic hydroxyl groups is 1. The van der Waals surface area contributed by atoms with Crippen molar-refractivity contribution in [1.82, 2.24) is 10.3 Å². The molecule has 0 saturated carbocycles. The molecule has 0 aliphatic rings. The average molecular weight is 374 g/mol. The zero-order chi connectivity index (χ0) is 17.9. The number of aliphatic hydroxyl groups excluding tert-OH is 1. The number of rotatable bonds is 6. The van der Waals surface area contributed by atoms with Gasteiger partial charge in [-0.3, -0.25) is 4.79 Å². The number of hydrogen-bond donors (Lipinski definition) is 3. The summed E-state index contributed by atoms with van der Waals surface area (Å²) in [5.41, 5.74) is 1.65. The number of hydrogen-bond acceptors (Lipinski definition) is 6. The topological polar surface area (TPSA) is 82.5 Å². The molecule has 2 aromatic carbocycles. The molecule has 1 atom stereocenters. The van der Waals surface area contributed by atoms with Gasteiger partial charge in [-0.2, -0.15) is 0 Å². The molecule has 1 heterocycles. The van der Waals surface area contributed by atoms with E-state index in [0.717, 1.165) is 20.1 Å². The van der Waals surface area contributed by atoms with Crippen molar-refractivity contribution in [1.29, 1.82) is 0 Å². The van der Waals surface area contributed by atoms with Gasteiger partial charge in [0.25, 0.3) is 0 Å². The fourth-order valence-electron chi connectivity index (χ4n) is 2.44. The Bertz CT molecular complexity index is 882. The molecule has 0 radical (unpaired) electrons. The molecule has 0 aliphatic carbocycles. The second-order valence-corrected chi connectivity index (χ2v) is 8.31. The Hall–Kier alpha value is -2.09. The van der Waals surface area contributed by atoms with E-state index in [0.29, 0.717) is 0 Å². The van der Waals surface area contributed by atoms with E-state index in [-0.39, 0.29) is 24.8 Å². The second-order valence-electron chi connectivity index (χ2n) is 5.61. The van der Waals surface area contributed by atoms with E-state index in [4.69, 9.17) is 5.11 Å². The molecule has 1 amide bonds. The number of aromatic nitrogens is 1. The highest BCUT2D eigenvalue weighted by Gasteiger charge is 2.37. The molecule has 130 valence electrons. The van der Waals surface area contributed by atoms with Gasteiger partial charge in [0.05, 0.1) is 16.8 Å². The van der Waals surface area contributed by atoms with Crippen molar-refractivity contribution in [2.45, 2.75) is 16.0 Å². The third-order valence-corrected chi connectivity index (χ3v) is 6.21. The van der Waals surface area contributed by atoms with Crippen LogP contribution in [0.3, 0.4) is 0 Å². The number of phenols is 1. The summed E-state index contributed by atoms with van der Waals surface area (Å²) in [7, 11) is 0. The summed E-state index contributed by atoms with van der Waals surface area (Å²) in [6.07, 6.45) is 0. The van der Waals surface area contributed by atoms with Crippen molar-refractivity contribution >= 4 is 39.2 Å². The van der Waals surface area contributed by atoms with E-state index in [2.05, 4.69) is 10.3 Å². The van der Waals surface area contributed by atoms with Gasteiger partial charge in [-0.15, -0.1) is 11.3 Å². The number of benzene rings is 2. The highest BCUT2D eigenvalue weighted by molar-refractivity contribution is 8.02. The van der Waals surface area contributed by atoms with E-state index in [1.165, 1.54) is 23.1 Å². The lowest BCUT2D eigenvalue weighted by Gasteiger charge is -2.27. The van der Waals surface area contributed by atoms with Crippen LogP contribution in [0.4, 0.5) is 0 Å². The predicted molar refractivity (Wildman–Crippen MR) is 101 cm³/mol. The molecule has 25 heavy (non-hydrogen) atoms. The van der Waals surface area contributed by atoms with Gasteiger partial charge in [-0.25, -0.2) is 4.98 Å². The first-order valence-electron chi connectivity index (χ1n) is 7.76. The molecule has 5 nitrogen and oxygen atoms in total. The minimum absolute atomic E-state index is 0.109. The van der Waals surface area contributed by atoms with Crippen LogP contribution >= 0.6 is 23.1 Å². The molecule has 3 rings (SSSR count). The van der Waals surface area contributed by atoms with Gasteiger partial charge in [0, 0.05) is 6.54 Å². The summed E-state index contributed by atoms with van der Waals surface area (Å²) in [5.74, 6) is 0.0130. The van der Waals surface area contributed by atoms with Crippen LogP contribution in [0.25, 0.3) is 10.2 Å². The lowest BCUT2D eigenvalue weighted by molar-refractivity contribution is -0.123. The zero-order valence-electron chi connectivity index (χ0n) is 13.6. The molecule has 1 unspecified atom stereocenters. The first-order valence-corrected chi connectivity index (χ1v) is 9.39. The number of aliphatic hydroxyl groups is 1. The molecular weight excluding hydrogens is 356 g/mol. The molecule has 0 saturated heterocycles. The lowest BCUT2D eigenvalue weighted by atomic mass is 9.99. The van der Waals surface area contributed by atoms with Crippen LogP contribution in [0, 0.1) is 0 Å². The molecule has 7 heteroatoms. The van der Waals surface area contributed by atoms with Gasteiger partial charge >= 0.3 is 0 Å². The SMILES string of the molecule is CC(Sc1nc2ccc(O)cc2s1)(C(=O)NCCO)c1ccccc1. The minimum Gasteiger partial charge on any atom is -0.508 e. The van der Waals surface area contributed by atoms with E-state index in [1.54, 1.807) is 18.2 Å². The fraction of sp³-hybridized carbons (Fsp3) is 0.222. The van der Waals surface area contributed by atoms with Crippen LogP contribution in [-0.4, -0.2) is 34.3 Å². The molecule has 0 spiro atoms. The maximum absolute atomic E-state index is 12.8. The number of amides is 1. The number of thioether (sulfide) groups is 1. The van der Waals surface area contributed by atoms with Crippen molar-refractivity contribution in [3.63, 3.8) is 0 Å². The van der Waals surface area contributed by atoms with Crippen LogP contribution in [0.1, 0.15) is 12.5 Å². The first kappa shape index (κ1) is 17.7. The van der Waals surface area contributed by atoms with E-state index in [1.807, 2.05) is 37.3 Å². The monoisotopic (exact) mass is 374 g/mol. The van der Waals surface area contributed by atoms with Gasteiger partial charge in [0.15, 0.2) is 4.34 Å². The van der Waals surface area contributed by atoms with Gasteiger partial charge in [0.2, 0.25) is 5.91 Å². The third-order valence-electron chi connectivity index (χ3n) is 3.80. The summed E-state index contributed by atoms with van der Waals surface area (Å²) in [4.78, 5) is 17.4. The Morgan fingerprint density at radius 2 is 2.04 bits per heavy atom. The molecular formula is C18H18N2O3S2. The van der Waals surface area contributed by atoms with Gasteiger partial charge in [-0.1, -0.05) is 42.1 Å². The highest BCUT2D eigenvalue weighted by atomic mass is 32.2. The summed E-state index contributed by atoms with van der Waals surface area (Å²) >= 11 is 2.80. The molecule has 3 N–H and O–H groups in total. The van der Waals surface area contributed by atoms with Crippen LogP contribution in [0.2, 0.25) is 0 Å². The van der Waals surface area contributed by atoms with Crippen LogP contribution in [-0.2, 0) is 9.54 Å². The maximum Gasteiger partial charge on any atom is 0.241 e. The quantitative estimate of drug-likeness (QED) is 0.578. The molecule has 0 fully saturated rings. The second kappa shape index (κ2) is 7.43. The Kier molecular flexibility index (Phi) is 5.27. The number of thiazole rings is 1. The number of nitrogens with zero attached hydrogens (tertiary/aromatic N) is 1. The Labute approximate surface area is 153 Å². The van der Waals surface area contributed by atoms with E-state index >= 15 is 0 Å². The Morgan fingerprint density at radius 1 is 1.28 bits per heavy atom. The molecule has 0 bridgehead atoms. The smallest absolute Gasteiger partial charge is 0.241 e. The van der Waals surface area contributed by atoms with Crippen LogP contribution < -0.4 is 5.32 Å². The molecule has 3 aromatic rings. The summed E-state index contributed by atoms with van der Waals surface area (Å²) in [6, 6.07) is 14.5. The number of carbonyl (C=O) groups excluding carboxylic acids is 1. The van der Waals surface area contributed by atoms with Gasteiger partial charge in [-0.05, 0) is 30.7 Å². The number of phenolic OH excluding ortho intramolecular Hbond substituents is 1. The Balaban J connectivity index is 1.97. The molecule has 1 aromatic heterocycles. The largest absolute Gasteiger partial charge is 0.508 e. The standard InChI is InChI=1S/C18H18N2O3S2/c1-18(16(23)19-9-10-21,12-5-3-2-4-6-12)25-17-20-14-8-7-13(22)11-15(14)24-17/h2-8,11,21-22H,9-10H2,1H3,(H,19,23). The number of fused-ring (bicyclic) bond motifs is 1. The van der Waals surface area contributed by atoms with Crippen molar-refractivity contribution in [2.24, 2.45) is 0 Å². The zero-order valence-corrected chi connectivity index (χ0v) is 15.2. The van der Waals surface area contributed by atoms with E-state index in [9.17, 15) is 9.90 Å². The van der Waals surface area contributed by atoms with Crippen molar-refractivity contribution in [2.75, 3.05) is 13.2 Å². The van der Waals surface area contributed by atoms with Crippen LogP contribution in [0.5, 0.6) is 5.75 Å². The summed E-state index contributed by atoms with van der Waals surface area (Å²) < 4.78 is 0.728. The Morgan fingerprint density at radius 3 is 2.76 bits per heavy atom. The van der Waals surface area contributed by atoms with E-state index < -0.39 is 4.75 Å². The average Bonchev–Trinajstić information content (AvgIpc) is 3.01. The van der Waals surface area contributed by atoms with Gasteiger partial charge < -0.3 is 15.5 Å². The molecule has 0 aliphatic heterocycles. The third kappa shape index (κ3) is 3.78. The maximum atomic E-state index is 12.8. The first-order chi connectivity index (χ1) is 12.0. The predicted octanol–water partition coefficient (Wildman–Crippen LogP) is 3.12. The van der Waals surface area contributed by atoms with Crippen LogP contribution in [0.15, 0.2) is 52.9 Å². The summed E-state index contributed by atoms with van der Waals surface area (Å²) in [5, 5.41) is 21.4.